The molecule has 0 amide bonds. The van der Waals surface area contributed by atoms with Crippen LogP contribution in [0.25, 0.3) is 6.08 Å². The van der Waals surface area contributed by atoms with Gasteiger partial charge in [0.25, 0.3) is 0 Å². The van der Waals surface area contributed by atoms with Gasteiger partial charge in [-0.3, -0.25) is 4.79 Å². The van der Waals surface area contributed by atoms with Gasteiger partial charge in [-0.25, -0.2) is 4.39 Å². The van der Waals surface area contributed by atoms with Crippen LogP contribution >= 0.6 is 15.9 Å². The maximum Gasteiger partial charge on any atom is 0.185 e. The Morgan fingerprint density at radius 2 is 1.81 bits per heavy atom. The molecular weight excluding hydrogens is 331 g/mol. The minimum atomic E-state index is -0.350. The molecule has 0 bridgehead atoms. The van der Waals surface area contributed by atoms with E-state index in [1.807, 2.05) is 12.1 Å². The van der Waals surface area contributed by atoms with Crippen LogP contribution in [0.15, 0.2) is 53.0 Å². The molecule has 0 saturated heterocycles. The van der Waals surface area contributed by atoms with Gasteiger partial charge in [-0.05, 0) is 41.8 Å². The number of halogens is 2. The van der Waals surface area contributed by atoms with Gasteiger partial charge in [0, 0.05) is 15.6 Å². The second-order valence-corrected chi connectivity index (χ2v) is 6.06. The quantitative estimate of drug-likeness (QED) is 0.519. The second kappa shape index (κ2) is 6.81. The molecule has 0 N–H and O–H groups in total. The van der Waals surface area contributed by atoms with Crippen LogP contribution in [0.4, 0.5) is 4.39 Å². The van der Waals surface area contributed by atoms with Crippen molar-refractivity contribution in [2.24, 2.45) is 0 Å². The molecule has 108 valence electrons. The Labute approximate surface area is 132 Å². The van der Waals surface area contributed by atoms with E-state index in [0.717, 1.165) is 4.47 Å². The fourth-order valence-corrected chi connectivity index (χ4v) is 2.32. The Morgan fingerprint density at radius 1 is 1.14 bits per heavy atom. The number of benzene rings is 2. The van der Waals surface area contributed by atoms with Crippen molar-refractivity contribution in [3.63, 3.8) is 0 Å². The maximum absolute atomic E-state index is 13.6. The summed E-state index contributed by atoms with van der Waals surface area (Å²) < 4.78 is 14.4. The SMILES string of the molecule is CC(C)c1ccc(C(=O)/C=C/c2cc(Br)ccc2F)cc1. The Bertz CT molecular complexity index is 672. The fourth-order valence-electron chi connectivity index (χ4n) is 1.94. The molecule has 0 atom stereocenters. The standard InChI is InChI=1S/C18H16BrFO/c1-12(2)13-3-5-14(6-4-13)18(21)10-7-15-11-16(19)8-9-17(15)20/h3-12H,1-2H3/b10-7+. The lowest BCUT2D eigenvalue weighted by atomic mass is 10.0. The molecule has 0 aliphatic rings. The lowest BCUT2D eigenvalue weighted by molar-refractivity contribution is 0.104. The van der Waals surface area contributed by atoms with Crippen LogP contribution in [-0.2, 0) is 0 Å². The monoisotopic (exact) mass is 346 g/mol. The van der Waals surface area contributed by atoms with Crippen molar-refractivity contribution in [3.8, 4) is 0 Å². The van der Waals surface area contributed by atoms with E-state index in [0.29, 0.717) is 17.0 Å². The predicted octanol–water partition coefficient (Wildman–Crippen LogP) is 5.61. The van der Waals surface area contributed by atoms with Gasteiger partial charge >= 0.3 is 0 Å². The highest BCUT2D eigenvalue weighted by Crippen LogP contribution is 2.18. The Hall–Kier alpha value is -1.74. The van der Waals surface area contributed by atoms with Crippen LogP contribution in [0.3, 0.4) is 0 Å². The first-order valence-corrected chi connectivity index (χ1v) is 7.54. The maximum atomic E-state index is 13.6. The molecule has 0 radical (unpaired) electrons. The third kappa shape index (κ3) is 4.11. The average Bonchev–Trinajstić information content (AvgIpc) is 2.48. The number of hydrogen-bond donors (Lipinski definition) is 0. The van der Waals surface area contributed by atoms with Crippen molar-refractivity contribution < 1.29 is 9.18 Å². The molecule has 0 fully saturated rings. The zero-order chi connectivity index (χ0) is 15.4. The Kier molecular flexibility index (Phi) is 5.07. The van der Waals surface area contributed by atoms with Gasteiger partial charge in [-0.2, -0.15) is 0 Å². The third-order valence-electron chi connectivity index (χ3n) is 3.23. The van der Waals surface area contributed by atoms with Gasteiger partial charge in [0.15, 0.2) is 5.78 Å². The molecule has 2 aromatic rings. The highest BCUT2D eigenvalue weighted by molar-refractivity contribution is 9.10. The molecule has 2 rings (SSSR count). The highest BCUT2D eigenvalue weighted by Gasteiger charge is 2.05. The number of ketones is 1. The van der Waals surface area contributed by atoms with Gasteiger partial charge in [-0.1, -0.05) is 54.0 Å². The molecule has 1 nitrogen and oxygen atoms in total. The van der Waals surface area contributed by atoms with Crippen molar-refractivity contribution in [1.82, 2.24) is 0 Å². The summed E-state index contributed by atoms with van der Waals surface area (Å²) in [5.41, 5.74) is 2.18. The molecule has 21 heavy (non-hydrogen) atoms. The lowest BCUT2D eigenvalue weighted by Crippen LogP contribution is -1.95. The van der Waals surface area contributed by atoms with Gasteiger partial charge in [-0.15, -0.1) is 0 Å². The van der Waals surface area contributed by atoms with E-state index in [2.05, 4.69) is 29.8 Å². The molecule has 3 heteroatoms. The summed E-state index contributed by atoms with van der Waals surface area (Å²) in [4.78, 5) is 12.1. The molecule has 0 unspecified atom stereocenters. The van der Waals surface area contributed by atoms with E-state index in [1.54, 1.807) is 24.3 Å². The summed E-state index contributed by atoms with van der Waals surface area (Å²) in [6.07, 6.45) is 2.90. The van der Waals surface area contributed by atoms with E-state index in [1.165, 1.54) is 23.8 Å². The summed E-state index contributed by atoms with van der Waals surface area (Å²) in [5.74, 6) is -0.0532. The summed E-state index contributed by atoms with van der Waals surface area (Å²) in [5, 5.41) is 0. The molecular formula is C18H16BrFO. The summed E-state index contributed by atoms with van der Waals surface area (Å²) in [6.45, 7) is 4.21. The fraction of sp³-hybridized carbons (Fsp3) is 0.167. The number of hydrogen-bond acceptors (Lipinski definition) is 1. The minimum absolute atomic E-state index is 0.135. The Balaban J connectivity index is 2.17. The molecule has 0 aromatic heterocycles. The predicted molar refractivity (Wildman–Crippen MR) is 88.0 cm³/mol. The van der Waals surface area contributed by atoms with Crippen LogP contribution in [0, 0.1) is 5.82 Å². The van der Waals surface area contributed by atoms with Gasteiger partial charge < -0.3 is 0 Å². The van der Waals surface area contributed by atoms with Crippen LogP contribution in [0.2, 0.25) is 0 Å². The van der Waals surface area contributed by atoms with Crippen molar-refractivity contribution in [2.75, 3.05) is 0 Å². The smallest absolute Gasteiger partial charge is 0.185 e. The van der Waals surface area contributed by atoms with Crippen molar-refractivity contribution >= 4 is 27.8 Å². The normalized spacial score (nSPS) is 11.3. The van der Waals surface area contributed by atoms with Crippen LogP contribution < -0.4 is 0 Å². The number of rotatable bonds is 4. The van der Waals surface area contributed by atoms with E-state index in [4.69, 9.17) is 0 Å². The zero-order valence-electron chi connectivity index (χ0n) is 11.9. The molecule has 0 heterocycles. The number of carbonyl (C=O) groups excluding carboxylic acids is 1. The largest absolute Gasteiger partial charge is 0.289 e. The van der Waals surface area contributed by atoms with Crippen LogP contribution in [0.1, 0.15) is 41.3 Å². The van der Waals surface area contributed by atoms with Crippen molar-refractivity contribution in [2.45, 2.75) is 19.8 Å². The van der Waals surface area contributed by atoms with E-state index >= 15 is 0 Å². The topological polar surface area (TPSA) is 17.1 Å². The lowest BCUT2D eigenvalue weighted by Gasteiger charge is -2.05. The molecule has 0 saturated carbocycles. The average molecular weight is 347 g/mol. The Morgan fingerprint density at radius 3 is 2.43 bits per heavy atom. The van der Waals surface area contributed by atoms with Gasteiger partial charge in [0.1, 0.15) is 5.82 Å². The second-order valence-electron chi connectivity index (χ2n) is 5.14. The van der Waals surface area contributed by atoms with E-state index in [-0.39, 0.29) is 11.6 Å². The first-order chi connectivity index (χ1) is 9.97. The third-order valence-corrected chi connectivity index (χ3v) is 3.73. The van der Waals surface area contributed by atoms with Crippen LogP contribution in [-0.4, -0.2) is 5.78 Å². The number of carbonyl (C=O) groups is 1. The van der Waals surface area contributed by atoms with E-state index in [9.17, 15) is 9.18 Å². The molecule has 0 aliphatic heterocycles. The molecule has 2 aromatic carbocycles. The zero-order valence-corrected chi connectivity index (χ0v) is 13.5. The van der Waals surface area contributed by atoms with Crippen LogP contribution in [0.5, 0.6) is 0 Å². The summed E-state index contributed by atoms with van der Waals surface area (Å²) in [7, 11) is 0. The minimum Gasteiger partial charge on any atom is -0.289 e. The van der Waals surface area contributed by atoms with Gasteiger partial charge in [0.05, 0.1) is 0 Å². The highest BCUT2D eigenvalue weighted by atomic mass is 79.9. The first-order valence-electron chi connectivity index (χ1n) is 6.75. The molecule has 0 aliphatic carbocycles. The first kappa shape index (κ1) is 15.6. The summed E-state index contributed by atoms with van der Waals surface area (Å²) >= 11 is 3.28. The molecule has 0 spiro atoms. The van der Waals surface area contributed by atoms with E-state index < -0.39 is 0 Å². The number of allylic oxidation sites excluding steroid dienone is 1. The van der Waals surface area contributed by atoms with Crippen molar-refractivity contribution in [1.29, 1.82) is 0 Å². The summed E-state index contributed by atoms with van der Waals surface area (Å²) in [6, 6.07) is 12.1. The van der Waals surface area contributed by atoms with Crippen molar-refractivity contribution in [3.05, 3.63) is 75.5 Å². The van der Waals surface area contributed by atoms with Gasteiger partial charge in [0.2, 0.25) is 0 Å².